The number of aryl methyl sites for hydroxylation is 1. The summed E-state index contributed by atoms with van der Waals surface area (Å²) in [6.45, 7) is -0.196. The number of imidazole rings is 1. The summed E-state index contributed by atoms with van der Waals surface area (Å²) in [6.07, 6.45) is 1.78. The van der Waals surface area contributed by atoms with Gasteiger partial charge in [-0.05, 0) is 12.8 Å². The number of nitrogens with one attached hydrogen (secondary N) is 1. The molecule has 21 heavy (non-hydrogen) atoms. The van der Waals surface area contributed by atoms with Crippen molar-refractivity contribution in [1.82, 2.24) is 19.1 Å². The molecule has 1 aliphatic rings. The Hall–Kier alpha value is -2.58. The quantitative estimate of drug-likeness (QED) is 0.748. The number of carboxylic acid groups (broad SMARTS) is 1. The molecule has 9 nitrogen and oxygen atoms in total. The first kappa shape index (κ1) is 13.4. The van der Waals surface area contributed by atoms with Gasteiger partial charge in [0.05, 0.1) is 0 Å². The number of H-pyrrole nitrogens is 1. The number of carboxylic acids is 1. The van der Waals surface area contributed by atoms with Crippen LogP contribution in [0.5, 0.6) is 0 Å². The first-order chi connectivity index (χ1) is 9.90. The van der Waals surface area contributed by atoms with Crippen molar-refractivity contribution in [3.05, 3.63) is 20.8 Å². The van der Waals surface area contributed by atoms with E-state index in [1.54, 1.807) is 4.90 Å². The van der Waals surface area contributed by atoms with Gasteiger partial charge < -0.3 is 15.0 Å². The fourth-order valence-electron chi connectivity index (χ4n) is 2.36. The van der Waals surface area contributed by atoms with E-state index in [4.69, 9.17) is 5.11 Å². The molecule has 0 radical (unpaired) electrons. The summed E-state index contributed by atoms with van der Waals surface area (Å²) in [5, 5.41) is 8.99. The lowest BCUT2D eigenvalue weighted by Gasteiger charge is -2.18. The summed E-state index contributed by atoms with van der Waals surface area (Å²) in [6, 6.07) is 0.113. The van der Waals surface area contributed by atoms with Crippen LogP contribution >= 0.6 is 0 Å². The molecule has 112 valence electrons. The van der Waals surface area contributed by atoms with Crippen molar-refractivity contribution >= 4 is 23.1 Å². The maximum Gasteiger partial charge on any atom is 0.332 e. The summed E-state index contributed by atoms with van der Waals surface area (Å²) >= 11 is 0. The van der Waals surface area contributed by atoms with Crippen molar-refractivity contribution < 1.29 is 9.90 Å². The number of fused-ring (bicyclic) bond motifs is 1. The van der Waals surface area contributed by atoms with Crippen LogP contribution in [0.1, 0.15) is 12.8 Å². The van der Waals surface area contributed by atoms with Gasteiger partial charge in [0, 0.05) is 20.1 Å². The minimum Gasteiger partial charge on any atom is -0.480 e. The number of carbonyl (C=O) groups is 1. The van der Waals surface area contributed by atoms with Crippen LogP contribution in [-0.2, 0) is 18.9 Å². The number of nitrogens with zero attached hydrogens (tertiary/aromatic N) is 4. The van der Waals surface area contributed by atoms with Crippen LogP contribution in [0.25, 0.3) is 11.2 Å². The Morgan fingerprint density at radius 3 is 2.62 bits per heavy atom. The third-order valence-corrected chi connectivity index (χ3v) is 3.65. The van der Waals surface area contributed by atoms with Gasteiger partial charge in [0.1, 0.15) is 6.54 Å². The number of hydrogen-bond acceptors (Lipinski definition) is 5. The van der Waals surface area contributed by atoms with E-state index in [1.165, 1.54) is 18.7 Å². The molecule has 1 saturated carbocycles. The van der Waals surface area contributed by atoms with Crippen molar-refractivity contribution in [3.8, 4) is 0 Å². The Balaban J connectivity index is 2.19. The third kappa shape index (κ3) is 2.10. The molecule has 1 fully saturated rings. The molecule has 9 heteroatoms. The van der Waals surface area contributed by atoms with Gasteiger partial charge in [-0.1, -0.05) is 0 Å². The molecule has 0 spiro atoms. The average Bonchev–Trinajstić information content (AvgIpc) is 3.18. The van der Waals surface area contributed by atoms with E-state index < -0.39 is 17.2 Å². The molecular formula is C12H15N5O4. The largest absolute Gasteiger partial charge is 0.480 e. The lowest BCUT2D eigenvalue weighted by molar-refractivity contribution is -0.135. The van der Waals surface area contributed by atoms with Crippen LogP contribution in [0.4, 0.5) is 5.95 Å². The molecule has 0 saturated heterocycles. The van der Waals surface area contributed by atoms with E-state index in [2.05, 4.69) is 9.97 Å². The zero-order valence-electron chi connectivity index (χ0n) is 11.7. The molecular weight excluding hydrogens is 278 g/mol. The highest BCUT2D eigenvalue weighted by atomic mass is 16.4. The molecule has 0 aliphatic heterocycles. The third-order valence-electron chi connectivity index (χ3n) is 3.65. The standard InChI is InChI=1S/C12H15N5O4/c1-15-9-8(10(20)16(2)12(15)21)13-11(14-9)17(5-7(18)19)6-3-4-6/h6H,3-5H2,1-2H3,(H,13,14)(H,18,19). The minimum atomic E-state index is -0.968. The van der Waals surface area contributed by atoms with Crippen molar-refractivity contribution in [2.75, 3.05) is 11.4 Å². The number of anilines is 1. The first-order valence-corrected chi connectivity index (χ1v) is 6.54. The Labute approximate surface area is 118 Å². The first-order valence-electron chi connectivity index (χ1n) is 6.54. The van der Waals surface area contributed by atoms with Gasteiger partial charge in [-0.2, -0.15) is 4.98 Å². The normalized spacial score (nSPS) is 14.6. The molecule has 3 rings (SSSR count). The molecule has 0 unspecified atom stereocenters. The highest BCUT2D eigenvalue weighted by Gasteiger charge is 2.33. The average molecular weight is 293 g/mol. The monoisotopic (exact) mass is 293 g/mol. The summed E-state index contributed by atoms with van der Waals surface area (Å²) in [5.74, 6) is -0.655. The Morgan fingerprint density at radius 1 is 1.38 bits per heavy atom. The Kier molecular flexibility index (Phi) is 2.85. The summed E-state index contributed by atoms with van der Waals surface area (Å²) in [4.78, 5) is 43.6. The van der Waals surface area contributed by atoms with Crippen LogP contribution in [0, 0.1) is 0 Å². The van der Waals surface area contributed by atoms with Gasteiger partial charge in [0.15, 0.2) is 11.2 Å². The zero-order valence-corrected chi connectivity index (χ0v) is 11.7. The van der Waals surface area contributed by atoms with Crippen LogP contribution < -0.4 is 16.1 Å². The molecule has 2 N–H and O–H groups in total. The zero-order chi connectivity index (χ0) is 15.3. The maximum atomic E-state index is 12.1. The van der Waals surface area contributed by atoms with Crippen molar-refractivity contribution in [3.63, 3.8) is 0 Å². The van der Waals surface area contributed by atoms with E-state index >= 15 is 0 Å². The second-order valence-corrected chi connectivity index (χ2v) is 5.22. The van der Waals surface area contributed by atoms with Gasteiger partial charge >= 0.3 is 11.7 Å². The molecule has 1 aliphatic carbocycles. The van der Waals surface area contributed by atoms with E-state index in [0.29, 0.717) is 5.95 Å². The van der Waals surface area contributed by atoms with Gasteiger partial charge in [-0.3, -0.25) is 18.7 Å². The Bertz CT molecular complexity index is 842. The van der Waals surface area contributed by atoms with Gasteiger partial charge in [0.25, 0.3) is 5.56 Å². The van der Waals surface area contributed by atoms with Crippen LogP contribution in [0.15, 0.2) is 9.59 Å². The fourth-order valence-corrected chi connectivity index (χ4v) is 2.36. The summed E-state index contributed by atoms with van der Waals surface area (Å²) < 4.78 is 2.26. The van der Waals surface area contributed by atoms with E-state index in [9.17, 15) is 14.4 Å². The highest BCUT2D eigenvalue weighted by molar-refractivity contribution is 5.77. The number of aromatic nitrogens is 4. The van der Waals surface area contributed by atoms with Crippen LogP contribution in [-0.4, -0.2) is 42.8 Å². The van der Waals surface area contributed by atoms with E-state index in [1.807, 2.05) is 0 Å². The molecule has 0 bridgehead atoms. The van der Waals surface area contributed by atoms with E-state index in [-0.39, 0.29) is 23.8 Å². The lowest BCUT2D eigenvalue weighted by atomic mass is 10.5. The van der Waals surface area contributed by atoms with Crippen molar-refractivity contribution in [1.29, 1.82) is 0 Å². The minimum absolute atomic E-state index is 0.113. The summed E-state index contributed by atoms with van der Waals surface area (Å²) in [7, 11) is 2.91. The second kappa shape index (κ2) is 4.47. The van der Waals surface area contributed by atoms with Gasteiger partial charge in [-0.15, -0.1) is 0 Å². The SMILES string of the molecule is Cn1c(=O)c2[nH]c(N(CC(=O)O)C3CC3)nc2n(C)c1=O. The molecule has 2 aromatic heterocycles. The van der Waals surface area contributed by atoms with Crippen molar-refractivity contribution in [2.45, 2.75) is 18.9 Å². The number of aromatic amines is 1. The maximum absolute atomic E-state index is 12.1. The van der Waals surface area contributed by atoms with Crippen LogP contribution in [0.2, 0.25) is 0 Å². The van der Waals surface area contributed by atoms with E-state index in [0.717, 1.165) is 17.4 Å². The number of aliphatic carboxylic acids is 1. The predicted molar refractivity (Wildman–Crippen MR) is 74.6 cm³/mol. The van der Waals surface area contributed by atoms with Crippen LogP contribution in [0.3, 0.4) is 0 Å². The van der Waals surface area contributed by atoms with Gasteiger partial charge in [-0.25, -0.2) is 4.79 Å². The number of hydrogen-bond donors (Lipinski definition) is 2. The molecule has 2 aromatic rings. The molecule has 0 atom stereocenters. The van der Waals surface area contributed by atoms with Crippen molar-refractivity contribution in [2.24, 2.45) is 14.1 Å². The fraction of sp³-hybridized carbons (Fsp3) is 0.500. The number of rotatable bonds is 4. The predicted octanol–water partition coefficient (Wildman–Crippen LogP) is -0.986. The molecule has 2 heterocycles. The second-order valence-electron chi connectivity index (χ2n) is 5.22. The Morgan fingerprint density at radius 2 is 2.05 bits per heavy atom. The molecule has 0 aromatic carbocycles. The lowest BCUT2D eigenvalue weighted by Crippen LogP contribution is -2.36. The van der Waals surface area contributed by atoms with Gasteiger partial charge in [0.2, 0.25) is 5.95 Å². The summed E-state index contributed by atoms with van der Waals surface area (Å²) in [5.41, 5.74) is -0.514. The highest BCUT2D eigenvalue weighted by Crippen LogP contribution is 2.30. The smallest absolute Gasteiger partial charge is 0.332 e. The topological polar surface area (TPSA) is 113 Å². The molecule has 0 amide bonds.